The Labute approximate surface area is 363 Å². The molecular weight excluding hydrogens is 781 g/mol. The van der Waals surface area contributed by atoms with Gasteiger partial charge < -0.3 is 34.0 Å². The van der Waals surface area contributed by atoms with Gasteiger partial charge >= 0.3 is 0 Å². The molecule has 3 unspecified atom stereocenters. The number of hydrogen-bond acceptors (Lipinski definition) is 7. The third kappa shape index (κ3) is 15.3. The quantitative estimate of drug-likeness (QED) is 0.162. The van der Waals surface area contributed by atoms with Gasteiger partial charge in [-0.2, -0.15) is 40.5 Å². The summed E-state index contributed by atoms with van der Waals surface area (Å²) in [5.41, 5.74) is -0.113. The van der Waals surface area contributed by atoms with Crippen molar-refractivity contribution in [2.45, 2.75) is 245 Å². The van der Waals surface area contributed by atoms with Crippen molar-refractivity contribution >= 4 is 57.1 Å². The number of ether oxygens (including phenoxy) is 1. The topological polar surface area (TPSA) is 109 Å². The molecule has 0 aromatic rings. The molecule has 0 amide bonds. The molecule has 12 heteroatoms. The zero-order valence-electron chi connectivity index (χ0n) is 38.2. The van der Waals surface area contributed by atoms with Crippen molar-refractivity contribution in [2.75, 3.05) is 13.2 Å². The molecule has 6 atom stereocenters. The van der Waals surface area contributed by atoms with E-state index >= 15 is 0 Å². The van der Waals surface area contributed by atoms with E-state index in [1.165, 1.54) is 57.8 Å². The summed E-state index contributed by atoms with van der Waals surface area (Å²) in [6, 6.07) is 0. The van der Waals surface area contributed by atoms with Gasteiger partial charge in [-0.1, -0.05) is 106 Å². The highest BCUT2D eigenvalue weighted by atomic mass is 32.1. The van der Waals surface area contributed by atoms with Crippen molar-refractivity contribution in [2.24, 2.45) is 16.2 Å². The fourth-order valence-corrected chi connectivity index (χ4v) is 11.8. The van der Waals surface area contributed by atoms with Crippen LogP contribution in [0.3, 0.4) is 0 Å². The van der Waals surface area contributed by atoms with Gasteiger partial charge in [-0.05, 0) is 107 Å². The predicted molar refractivity (Wildman–Crippen MR) is 254 cm³/mol. The molecule has 1 aliphatic heterocycles. The molecule has 0 radical (unpaired) electrons. The van der Waals surface area contributed by atoms with E-state index in [2.05, 4.69) is 81.6 Å². The molecule has 1 heterocycles. The van der Waals surface area contributed by atoms with Crippen LogP contribution < -0.4 is 0 Å². The highest BCUT2D eigenvalue weighted by Crippen LogP contribution is 2.47. The molecule has 1 saturated heterocycles. The highest BCUT2D eigenvalue weighted by Gasteiger charge is 2.48. The zero-order chi connectivity index (χ0) is 39.8. The average Bonchev–Trinajstić information content (AvgIpc) is 3.35. The van der Waals surface area contributed by atoms with Crippen LogP contribution in [0.2, 0.25) is 36.3 Å². The largest absolute Gasteiger partial charge is 0.412 e. The Bertz CT molecular complexity index is 967. The maximum absolute atomic E-state index is 10.9. The Morgan fingerprint density at radius 1 is 0.636 bits per heavy atom. The summed E-state index contributed by atoms with van der Waals surface area (Å²) in [5, 5.41) is 41.8. The summed E-state index contributed by atoms with van der Waals surface area (Å²) in [5.74, 6) is 0. The molecule has 7 nitrogen and oxygen atoms in total. The summed E-state index contributed by atoms with van der Waals surface area (Å²) in [7, 11) is -3.68. The number of rotatable bonds is 10. The van der Waals surface area contributed by atoms with Gasteiger partial charge in [0.2, 0.25) is 0 Å². The summed E-state index contributed by atoms with van der Waals surface area (Å²) < 4.78 is 18.3. The molecule has 0 aromatic heterocycles. The van der Waals surface area contributed by atoms with Crippen molar-refractivity contribution in [3.05, 3.63) is 0 Å². The number of hydrogen-bond donors (Lipinski definition) is 4. The maximum Gasteiger partial charge on any atom is 0.192 e. The second kappa shape index (κ2) is 24.0. The van der Waals surface area contributed by atoms with Crippen molar-refractivity contribution in [3.8, 4) is 0 Å². The van der Waals surface area contributed by atoms with Crippen LogP contribution in [0.25, 0.3) is 0 Å². The van der Waals surface area contributed by atoms with Crippen LogP contribution in [0.15, 0.2) is 0 Å². The van der Waals surface area contributed by atoms with Gasteiger partial charge in [0.15, 0.2) is 16.6 Å². The molecule has 4 aliphatic rings. The molecular formula is C43H94O7S3Si2. The number of aliphatic hydroxyl groups excluding tert-OH is 4. The lowest BCUT2D eigenvalue weighted by atomic mass is 9.67. The fourth-order valence-electron chi connectivity index (χ4n) is 8.99. The molecule has 4 N–H and O–H groups in total. The minimum absolute atomic E-state index is 0. The highest BCUT2D eigenvalue weighted by molar-refractivity contribution is 7.59. The van der Waals surface area contributed by atoms with Crippen molar-refractivity contribution in [1.82, 2.24) is 0 Å². The van der Waals surface area contributed by atoms with Crippen LogP contribution in [0.5, 0.6) is 0 Å². The smallest absolute Gasteiger partial charge is 0.192 e. The van der Waals surface area contributed by atoms with Crippen molar-refractivity contribution in [1.29, 1.82) is 0 Å². The van der Waals surface area contributed by atoms with E-state index in [1.807, 2.05) is 13.8 Å². The van der Waals surface area contributed by atoms with Crippen LogP contribution in [0, 0.1) is 16.2 Å². The molecule has 55 heavy (non-hydrogen) atoms. The monoisotopic (exact) mass is 875 g/mol. The molecule has 0 aromatic carbocycles. The molecule has 4 fully saturated rings. The average molecular weight is 876 g/mol. The van der Waals surface area contributed by atoms with Crippen LogP contribution in [0.4, 0.5) is 0 Å². The van der Waals surface area contributed by atoms with E-state index in [9.17, 15) is 20.4 Å². The molecule has 3 aliphatic carbocycles. The van der Waals surface area contributed by atoms with Crippen molar-refractivity contribution in [3.63, 3.8) is 0 Å². The van der Waals surface area contributed by atoms with E-state index in [-0.39, 0.29) is 104 Å². The van der Waals surface area contributed by atoms with Gasteiger partial charge in [0.25, 0.3) is 0 Å². The van der Waals surface area contributed by atoms with Gasteiger partial charge in [0, 0.05) is 10.8 Å². The Balaban J connectivity index is 0. The molecule has 3 saturated carbocycles. The van der Waals surface area contributed by atoms with Gasteiger partial charge in [0.05, 0.1) is 49.8 Å². The van der Waals surface area contributed by atoms with Gasteiger partial charge in [0.1, 0.15) is 0 Å². The lowest BCUT2D eigenvalue weighted by Crippen LogP contribution is -2.52. The van der Waals surface area contributed by atoms with Crippen molar-refractivity contribution < 1.29 is 34.0 Å². The van der Waals surface area contributed by atoms with Gasteiger partial charge in [-0.15, -0.1) is 0 Å². The van der Waals surface area contributed by atoms with Gasteiger partial charge in [-0.3, -0.25) is 0 Å². The maximum atomic E-state index is 10.9. The first-order valence-electron chi connectivity index (χ1n) is 21.5. The van der Waals surface area contributed by atoms with Crippen LogP contribution in [0.1, 0.15) is 172 Å². The minimum Gasteiger partial charge on any atom is -0.412 e. The Hall–Kier alpha value is 1.20. The van der Waals surface area contributed by atoms with E-state index in [0.29, 0.717) is 0 Å². The predicted octanol–water partition coefficient (Wildman–Crippen LogP) is 10.9. The molecule has 0 bridgehead atoms. The summed E-state index contributed by atoms with van der Waals surface area (Å²) >= 11 is 0. The molecule has 1 spiro atoms. The first kappa shape index (κ1) is 58.3. The second-order valence-electron chi connectivity index (χ2n) is 20.8. The normalized spacial score (nSPS) is 25.9. The standard InChI is InChI=1S/C17H36O2Si.C16H34O3Si.C10H18O2.3H2S/c1-8-17(12-10-9-11-13-17)15(18)14(2)19-20(6,7)16(3,4)5;1-13(19-20(5,6)15(2,3)4)14(18)16(12-17)10-8-7-9-11-16;1-8-9(11)10(7-12-8)5-3-2-4-6-10;;;/h14-15,18H,8-13H2,1-7H3;13-14,17-18H,7-12H2,1-6H3;8-9,11H,2-7H2,1H3;3*1H2/t14-,15?;13-,14?;8-,9?;;;/m000.../s1. The van der Waals surface area contributed by atoms with Crippen LogP contribution in [-0.2, 0) is 13.6 Å². The summed E-state index contributed by atoms with van der Waals surface area (Å²) in [4.78, 5) is 0. The van der Waals surface area contributed by atoms with E-state index in [0.717, 1.165) is 51.6 Å². The Morgan fingerprint density at radius 3 is 1.25 bits per heavy atom. The fraction of sp³-hybridized carbons (Fsp3) is 1.00. The lowest BCUT2D eigenvalue weighted by Gasteiger charge is -2.46. The molecule has 334 valence electrons. The third-order valence-electron chi connectivity index (χ3n) is 15.0. The first-order chi connectivity index (χ1) is 23.9. The van der Waals surface area contributed by atoms with E-state index < -0.39 is 22.7 Å². The lowest BCUT2D eigenvalue weighted by molar-refractivity contribution is -0.0928. The first-order valence-corrected chi connectivity index (χ1v) is 27.3. The van der Waals surface area contributed by atoms with Crippen LogP contribution >= 0.6 is 40.5 Å². The summed E-state index contributed by atoms with van der Waals surface area (Å²) in [6.07, 6.45) is 17.4. The van der Waals surface area contributed by atoms with Crippen LogP contribution in [-0.4, -0.2) is 86.9 Å². The van der Waals surface area contributed by atoms with E-state index in [1.54, 1.807) is 0 Å². The van der Waals surface area contributed by atoms with E-state index in [4.69, 9.17) is 13.6 Å². The minimum atomic E-state index is -1.88. The Kier molecular flexibility index (Phi) is 25.4. The SMILES string of the molecule is CCC1(C(O)[C@H](C)O[Si](C)(C)C(C)(C)C)CCCCC1.C[C@@H]1OCC2(CCCCC2)C1O.C[C@H](O[Si](C)(C)C(C)(C)C)C(O)C1(CO)CCCCC1.S.S.S. The molecule has 4 rings (SSSR count). The Morgan fingerprint density at radius 2 is 0.964 bits per heavy atom. The second-order valence-corrected chi connectivity index (χ2v) is 30.3. The zero-order valence-corrected chi connectivity index (χ0v) is 43.2. The third-order valence-corrected chi connectivity index (χ3v) is 24.1. The number of aliphatic hydroxyl groups is 4. The summed E-state index contributed by atoms with van der Waals surface area (Å²) in [6.45, 7) is 31.5. The van der Waals surface area contributed by atoms with Gasteiger partial charge in [-0.25, -0.2) is 0 Å².